The fraction of sp³-hybridized carbons (Fsp3) is 0.611. The predicted octanol–water partition coefficient (Wildman–Crippen LogP) is 3.90. The van der Waals surface area contributed by atoms with Gasteiger partial charge in [0.15, 0.2) is 0 Å². The highest BCUT2D eigenvalue weighted by Crippen LogP contribution is 2.34. The maximum atomic E-state index is 11.6. The molecule has 21 heavy (non-hydrogen) atoms. The number of hydrogen-bond donors (Lipinski definition) is 1. The van der Waals surface area contributed by atoms with Gasteiger partial charge in [0, 0.05) is 0 Å². The van der Waals surface area contributed by atoms with E-state index in [1.807, 2.05) is 12.1 Å². The van der Waals surface area contributed by atoms with Gasteiger partial charge in [0.05, 0.1) is 18.6 Å². The van der Waals surface area contributed by atoms with Crippen molar-refractivity contribution in [2.45, 2.75) is 63.9 Å². The number of carbonyl (C=O) groups excluding carboxylic acids is 1. The van der Waals surface area contributed by atoms with Gasteiger partial charge in [0.1, 0.15) is 0 Å². The third-order valence-corrected chi connectivity index (χ3v) is 4.40. The van der Waals surface area contributed by atoms with Crippen LogP contribution < -0.4 is 0 Å². The first-order chi connectivity index (χ1) is 10.0. The highest BCUT2D eigenvalue weighted by Gasteiger charge is 2.27. The van der Waals surface area contributed by atoms with Crippen LogP contribution >= 0.6 is 0 Å². The van der Waals surface area contributed by atoms with Crippen LogP contribution in [0.4, 0.5) is 0 Å². The Bertz CT molecular complexity index is 456. The average molecular weight is 290 g/mol. The molecular weight excluding hydrogens is 264 g/mol. The summed E-state index contributed by atoms with van der Waals surface area (Å²) in [7, 11) is 0. The van der Waals surface area contributed by atoms with Crippen molar-refractivity contribution in [2.75, 3.05) is 6.61 Å². The van der Waals surface area contributed by atoms with Crippen LogP contribution in [0, 0.1) is 0 Å². The standard InChI is InChI=1S/C18H26O3/c1-3-21-17(19)13-18(2,20)16-11-9-15(10-12-16)14-7-5-4-6-8-14/h9-12,14,20H,3-8,13H2,1-2H3. The summed E-state index contributed by atoms with van der Waals surface area (Å²) in [6.45, 7) is 3.78. The van der Waals surface area contributed by atoms with Gasteiger partial charge >= 0.3 is 5.97 Å². The van der Waals surface area contributed by atoms with Gasteiger partial charge in [-0.25, -0.2) is 0 Å². The number of ether oxygens (including phenoxy) is 1. The Morgan fingerprint density at radius 2 is 1.86 bits per heavy atom. The van der Waals surface area contributed by atoms with E-state index in [9.17, 15) is 9.90 Å². The van der Waals surface area contributed by atoms with Crippen LogP contribution in [-0.2, 0) is 15.1 Å². The lowest BCUT2D eigenvalue weighted by Gasteiger charge is -2.25. The molecule has 0 heterocycles. The van der Waals surface area contributed by atoms with Crippen LogP contribution in [0.15, 0.2) is 24.3 Å². The Kier molecular flexibility index (Phi) is 5.40. The molecule has 3 heteroatoms. The lowest BCUT2D eigenvalue weighted by atomic mass is 9.83. The second-order valence-corrected chi connectivity index (χ2v) is 6.21. The van der Waals surface area contributed by atoms with Crippen molar-refractivity contribution in [3.05, 3.63) is 35.4 Å². The SMILES string of the molecule is CCOC(=O)CC(C)(O)c1ccc(C2CCCCC2)cc1. The zero-order chi connectivity index (χ0) is 15.3. The van der Waals surface area contributed by atoms with Gasteiger partial charge in [0.25, 0.3) is 0 Å². The van der Waals surface area contributed by atoms with E-state index in [2.05, 4.69) is 12.1 Å². The summed E-state index contributed by atoms with van der Waals surface area (Å²) in [5, 5.41) is 10.5. The van der Waals surface area contributed by atoms with Crippen LogP contribution in [0.5, 0.6) is 0 Å². The number of rotatable bonds is 5. The van der Waals surface area contributed by atoms with Crippen LogP contribution in [0.3, 0.4) is 0 Å². The second kappa shape index (κ2) is 7.08. The van der Waals surface area contributed by atoms with E-state index in [4.69, 9.17) is 4.74 Å². The van der Waals surface area contributed by atoms with E-state index in [0.29, 0.717) is 12.5 Å². The van der Waals surface area contributed by atoms with Crippen molar-refractivity contribution in [3.8, 4) is 0 Å². The van der Waals surface area contributed by atoms with Gasteiger partial charge < -0.3 is 9.84 Å². The number of benzene rings is 1. The molecule has 0 aromatic heterocycles. The zero-order valence-corrected chi connectivity index (χ0v) is 13.1. The molecule has 0 aliphatic heterocycles. The Morgan fingerprint density at radius 3 is 2.43 bits per heavy atom. The summed E-state index contributed by atoms with van der Waals surface area (Å²) in [6.07, 6.45) is 6.49. The topological polar surface area (TPSA) is 46.5 Å². The minimum atomic E-state index is -1.17. The molecule has 1 aliphatic carbocycles. The molecule has 1 aromatic rings. The number of carbonyl (C=O) groups is 1. The minimum absolute atomic E-state index is 0.0103. The van der Waals surface area contributed by atoms with Crippen molar-refractivity contribution in [1.29, 1.82) is 0 Å². The molecule has 0 radical (unpaired) electrons. The van der Waals surface area contributed by atoms with E-state index < -0.39 is 5.60 Å². The fourth-order valence-corrected chi connectivity index (χ4v) is 3.15. The van der Waals surface area contributed by atoms with E-state index in [1.165, 1.54) is 37.7 Å². The molecule has 2 rings (SSSR count). The first-order valence-electron chi connectivity index (χ1n) is 8.01. The van der Waals surface area contributed by atoms with Crippen molar-refractivity contribution < 1.29 is 14.6 Å². The van der Waals surface area contributed by atoms with Gasteiger partial charge in [0.2, 0.25) is 0 Å². The number of hydrogen-bond acceptors (Lipinski definition) is 3. The average Bonchev–Trinajstić information content (AvgIpc) is 2.48. The molecular formula is C18H26O3. The van der Waals surface area contributed by atoms with Crippen LogP contribution in [0.1, 0.15) is 69.4 Å². The maximum Gasteiger partial charge on any atom is 0.309 e. The molecule has 1 N–H and O–H groups in total. The molecule has 1 saturated carbocycles. The smallest absolute Gasteiger partial charge is 0.309 e. The number of aliphatic hydroxyl groups is 1. The summed E-state index contributed by atoms with van der Waals surface area (Å²) in [4.78, 5) is 11.6. The van der Waals surface area contributed by atoms with Crippen molar-refractivity contribution in [1.82, 2.24) is 0 Å². The Balaban J connectivity index is 2.04. The van der Waals surface area contributed by atoms with Gasteiger partial charge in [-0.1, -0.05) is 43.5 Å². The highest BCUT2D eigenvalue weighted by molar-refractivity contribution is 5.71. The largest absolute Gasteiger partial charge is 0.466 e. The molecule has 0 bridgehead atoms. The Morgan fingerprint density at radius 1 is 1.24 bits per heavy atom. The normalized spacial score (nSPS) is 19.0. The van der Waals surface area contributed by atoms with E-state index in [0.717, 1.165) is 5.56 Å². The molecule has 3 nitrogen and oxygen atoms in total. The van der Waals surface area contributed by atoms with Gasteiger partial charge in [-0.15, -0.1) is 0 Å². The molecule has 1 fully saturated rings. The van der Waals surface area contributed by atoms with E-state index >= 15 is 0 Å². The predicted molar refractivity (Wildman–Crippen MR) is 83.1 cm³/mol. The molecule has 1 atom stereocenters. The molecule has 0 amide bonds. The number of esters is 1. The summed E-state index contributed by atoms with van der Waals surface area (Å²) in [5.74, 6) is 0.293. The molecule has 116 valence electrons. The summed E-state index contributed by atoms with van der Waals surface area (Å²) < 4.78 is 4.92. The van der Waals surface area contributed by atoms with E-state index in [-0.39, 0.29) is 12.4 Å². The first kappa shape index (κ1) is 16.0. The maximum absolute atomic E-state index is 11.6. The summed E-state index contributed by atoms with van der Waals surface area (Å²) in [6, 6.07) is 8.10. The minimum Gasteiger partial charge on any atom is -0.466 e. The molecule has 1 unspecified atom stereocenters. The Labute approximate surface area is 127 Å². The Hall–Kier alpha value is -1.35. The van der Waals surface area contributed by atoms with Crippen LogP contribution in [0.2, 0.25) is 0 Å². The van der Waals surface area contributed by atoms with Gasteiger partial charge in [-0.05, 0) is 43.7 Å². The molecule has 1 aliphatic rings. The molecule has 1 aromatic carbocycles. The van der Waals surface area contributed by atoms with Gasteiger partial charge in [-0.2, -0.15) is 0 Å². The van der Waals surface area contributed by atoms with Crippen LogP contribution in [0.25, 0.3) is 0 Å². The lowest BCUT2D eigenvalue weighted by molar-refractivity contribution is -0.148. The van der Waals surface area contributed by atoms with Crippen molar-refractivity contribution in [3.63, 3.8) is 0 Å². The monoisotopic (exact) mass is 290 g/mol. The second-order valence-electron chi connectivity index (χ2n) is 6.21. The van der Waals surface area contributed by atoms with E-state index in [1.54, 1.807) is 13.8 Å². The third-order valence-electron chi connectivity index (χ3n) is 4.40. The summed E-state index contributed by atoms with van der Waals surface area (Å²) in [5.41, 5.74) is 0.956. The third kappa shape index (κ3) is 4.31. The quantitative estimate of drug-likeness (QED) is 0.837. The van der Waals surface area contributed by atoms with Crippen molar-refractivity contribution >= 4 is 5.97 Å². The molecule has 0 spiro atoms. The summed E-state index contributed by atoms with van der Waals surface area (Å²) >= 11 is 0. The van der Waals surface area contributed by atoms with Gasteiger partial charge in [-0.3, -0.25) is 4.79 Å². The zero-order valence-electron chi connectivity index (χ0n) is 13.1. The highest BCUT2D eigenvalue weighted by atomic mass is 16.5. The fourth-order valence-electron chi connectivity index (χ4n) is 3.15. The van der Waals surface area contributed by atoms with Crippen molar-refractivity contribution in [2.24, 2.45) is 0 Å². The first-order valence-corrected chi connectivity index (χ1v) is 8.01. The molecule has 0 saturated heterocycles. The lowest BCUT2D eigenvalue weighted by Crippen LogP contribution is -2.26. The van der Waals surface area contributed by atoms with Crippen LogP contribution in [-0.4, -0.2) is 17.7 Å².